The molecular weight excluding hydrogens is 539 g/mol. The van der Waals surface area contributed by atoms with E-state index in [1.165, 1.54) is 0 Å². The Balaban J connectivity index is 1.59. The quantitative estimate of drug-likeness (QED) is 0.226. The van der Waals surface area contributed by atoms with E-state index in [4.69, 9.17) is 24.7 Å². The van der Waals surface area contributed by atoms with Crippen LogP contribution >= 0.6 is 22.6 Å². The van der Waals surface area contributed by atoms with Gasteiger partial charge < -0.3 is 30.0 Å². The van der Waals surface area contributed by atoms with Crippen molar-refractivity contribution in [3.8, 4) is 5.75 Å². The number of hydrogen-bond acceptors (Lipinski definition) is 8. The van der Waals surface area contributed by atoms with Gasteiger partial charge in [0.25, 0.3) is 5.91 Å². The van der Waals surface area contributed by atoms with Crippen LogP contribution in [0.25, 0.3) is 10.9 Å². The van der Waals surface area contributed by atoms with Crippen molar-refractivity contribution in [2.24, 2.45) is 5.73 Å². The number of halogens is 1. The Hall–Kier alpha value is -2.54. The number of carbonyl (C=O) groups excluding carboxylic acids is 1. The fraction of sp³-hybridized carbons (Fsp3) is 0.348. The molecule has 9 nitrogen and oxygen atoms in total. The second-order valence-electron chi connectivity index (χ2n) is 6.76. The van der Waals surface area contributed by atoms with E-state index < -0.39 is 5.91 Å². The van der Waals surface area contributed by atoms with E-state index in [-0.39, 0.29) is 5.82 Å². The number of carbonyl (C=O) groups is 1. The van der Waals surface area contributed by atoms with Crippen LogP contribution in [-0.4, -0.2) is 62.1 Å². The largest absolute Gasteiger partial charge is 0.490 e. The Morgan fingerprint density at radius 3 is 2.48 bits per heavy atom. The number of rotatable bonds is 14. The second kappa shape index (κ2) is 13.2. The van der Waals surface area contributed by atoms with E-state index in [9.17, 15) is 4.79 Å². The first-order valence-electron chi connectivity index (χ1n) is 10.5. The fourth-order valence-corrected chi connectivity index (χ4v) is 3.38. The molecule has 0 bridgehead atoms. The summed E-state index contributed by atoms with van der Waals surface area (Å²) in [5, 5.41) is 3.91. The molecule has 3 aromatic rings. The normalized spacial score (nSPS) is 11.0. The van der Waals surface area contributed by atoms with Crippen LogP contribution < -0.4 is 15.8 Å². The van der Waals surface area contributed by atoms with Gasteiger partial charge in [-0.25, -0.2) is 9.97 Å². The summed E-state index contributed by atoms with van der Waals surface area (Å²) >= 11 is 2.23. The molecule has 3 N–H and O–H groups in total. The van der Waals surface area contributed by atoms with Crippen molar-refractivity contribution < 1.29 is 23.7 Å². The molecular formula is C23H26IN4O5. The molecule has 0 fully saturated rings. The first-order valence-corrected chi connectivity index (χ1v) is 11.6. The van der Waals surface area contributed by atoms with Crippen LogP contribution in [0.1, 0.15) is 17.5 Å². The van der Waals surface area contributed by atoms with Crippen molar-refractivity contribution in [1.29, 1.82) is 0 Å². The van der Waals surface area contributed by atoms with Crippen LogP contribution in [0.3, 0.4) is 0 Å². The fourth-order valence-electron chi connectivity index (χ4n) is 2.83. The number of aromatic nitrogens is 2. The minimum atomic E-state index is -0.713. The topological polar surface area (TPSA) is 118 Å². The molecule has 1 aromatic heterocycles. The minimum Gasteiger partial charge on any atom is -0.490 e. The third-order valence-electron chi connectivity index (χ3n) is 4.34. The molecule has 2 aromatic carbocycles. The lowest BCUT2D eigenvalue weighted by Gasteiger charge is -2.12. The molecule has 10 heteroatoms. The first kappa shape index (κ1) is 25.1. The van der Waals surface area contributed by atoms with Crippen LogP contribution in [0, 0.1) is 9.64 Å². The average molecular weight is 565 g/mol. The van der Waals surface area contributed by atoms with Gasteiger partial charge in [-0.15, -0.1) is 0 Å². The lowest BCUT2D eigenvalue weighted by atomic mass is 10.2. The summed E-state index contributed by atoms with van der Waals surface area (Å²) in [6.07, 6.45) is 0. The maximum absolute atomic E-state index is 11.8. The van der Waals surface area contributed by atoms with Gasteiger partial charge in [0.1, 0.15) is 18.2 Å². The molecule has 175 valence electrons. The average Bonchev–Trinajstić information content (AvgIpc) is 2.80. The van der Waals surface area contributed by atoms with E-state index in [1.54, 1.807) is 12.1 Å². The van der Waals surface area contributed by atoms with Gasteiger partial charge in [-0.05, 0) is 53.8 Å². The summed E-state index contributed by atoms with van der Waals surface area (Å²) in [5.41, 5.74) is 6.78. The van der Waals surface area contributed by atoms with Crippen molar-refractivity contribution in [3.05, 3.63) is 51.9 Å². The van der Waals surface area contributed by atoms with E-state index in [2.05, 4.69) is 43.9 Å². The molecule has 0 atom stereocenters. The smallest absolute Gasteiger partial charge is 0.286 e. The molecule has 0 unspecified atom stereocenters. The third-order valence-corrected chi connectivity index (χ3v) is 5.01. The van der Waals surface area contributed by atoms with Gasteiger partial charge in [0.05, 0.1) is 38.6 Å². The van der Waals surface area contributed by atoms with Gasteiger partial charge in [-0.3, -0.25) is 4.79 Å². The Morgan fingerprint density at radius 1 is 1.06 bits per heavy atom. The van der Waals surface area contributed by atoms with Crippen molar-refractivity contribution >= 4 is 50.9 Å². The molecule has 3 rings (SSSR count). The summed E-state index contributed by atoms with van der Waals surface area (Å²) in [6.45, 7) is 5.47. The second-order valence-corrected chi connectivity index (χ2v) is 8.01. The maximum atomic E-state index is 11.8. The number of amides is 1. The first-order chi connectivity index (χ1) is 16.1. The van der Waals surface area contributed by atoms with E-state index in [0.29, 0.717) is 68.7 Å². The number of benzene rings is 2. The summed E-state index contributed by atoms with van der Waals surface area (Å²) in [5.74, 6) is 0.148. The van der Waals surface area contributed by atoms with Crippen molar-refractivity contribution in [1.82, 2.24) is 9.97 Å². The van der Waals surface area contributed by atoms with Gasteiger partial charge in [0.2, 0.25) is 5.82 Å². The molecule has 0 aliphatic carbocycles. The Kier molecular flexibility index (Phi) is 10.1. The van der Waals surface area contributed by atoms with E-state index in [1.807, 2.05) is 31.2 Å². The molecule has 1 radical (unpaired) electrons. The molecule has 33 heavy (non-hydrogen) atoms. The highest BCUT2D eigenvalue weighted by Gasteiger charge is 2.13. The molecule has 1 amide bonds. The number of ether oxygens (including phenoxy) is 4. The summed E-state index contributed by atoms with van der Waals surface area (Å²) < 4.78 is 22.8. The predicted molar refractivity (Wildman–Crippen MR) is 133 cm³/mol. The Bertz CT molecular complexity index is 1070. The SMILES string of the molecule is CCOCCOCCOCCOc1[c]cc2c(Nc3cccc(I)c3)nc(C(N)=O)nc2c1. The number of fused-ring (bicyclic) bond motifs is 1. The van der Waals surface area contributed by atoms with E-state index >= 15 is 0 Å². The standard InChI is InChI=1S/C23H26IN4O5/c1-2-30-8-9-31-10-11-32-12-13-33-18-6-7-19-20(15-18)27-23(21(25)29)28-22(19)26-17-5-3-4-16(24)14-17/h3-5,7,14-15H,2,8-13H2,1H3,(H2,25,29)(H,26,27,28). The molecule has 0 spiro atoms. The number of primary amides is 1. The molecule has 0 aliphatic heterocycles. The van der Waals surface area contributed by atoms with Crippen molar-refractivity contribution in [3.63, 3.8) is 0 Å². The van der Waals surface area contributed by atoms with Crippen LogP contribution in [0.2, 0.25) is 0 Å². The number of anilines is 2. The lowest BCUT2D eigenvalue weighted by Crippen LogP contribution is -2.16. The monoisotopic (exact) mass is 565 g/mol. The lowest BCUT2D eigenvalue weighted by molar-refractivity contribution is 0.0114. The van der Waals surface area contributed by atoms with Gasteiger partial charge in [0.15, 0.2) is 0 Å². The number of nitrogens with one attached hydrogen (secondary N) is 1. The zero-order valence-corrected chi connectivity index (χ0v) is 20.5. The van der Waals surface area contributed by atoms with Crippen molar-refractivity contribution in [2.75, 3.05) is 51.6 Å². The van der Waals surface area contributed by atoms with Gasteiger partial charge in [0, 0.05) is 33.4 Å². The highest BCUT2D eigenvalue weighted by atomic mass is 127. The molecule has 0 saturated carbocycles. The Morgan fingerprint density at radius 2 is 1.79 bits per heavy atom. The van der Waals surface area contributed by atoms with Crippen LogP contribution in [0.5, 0.6) is 5.75 Å². The zero-order valence-electron chi connectivity index (χ0n) is 18.3. The van der Waals surface area contributed by atoms with Crippen molar-refractivity contribution in [2.45, 2.75) is 6.92 Å². The van der Waals surface area contributed by atoms with Gasteiger partial charge in [-0.1, -0.05) is 6.07 Å². The predicted octanol–water partition coefficient (Wildman–Crippen LogP) is 3.33. The van der Waals surface area contributed by atoms with Gasteiger partial charge >= 0.3 is 0 Å². The molecule has 1 heterocycles. The summed E-state index contributed by atoms with van der Waals surface area (Å²) in [6, 6.07) is 14.3. The number of nitrogens with zero attached hydrogens (tertiary/aromatic N) is 2. The maximum Gasteiger partial charge on any atom is 0.286 e. The van der Waals surface area contributed by atoms with Crippen LogP contribution in [-0.2, 0) is 14.2 Å². The van der Waals surface area contributed by atoms with Gasteiger partial charge in [-0.2, -0.15) is 0 Å². The van der Waals surface area contributed by atoms with Crippen LogP contribution in [0.15, 0.2) is 36.4 Å². The number of nitrogens with two attached hydrogens (primary N) is 1. The Labute approximate surface area is 206 Å². The number of hydrogen-bond donors (Lipinski definition) is 2. The van der Waals surface area contributed by atoms with E-state index in [0.717, 1.165) is 9.26 Å². The zero-order chi connectivity index (χ0) is 23.5. The highest BCUT2D eigenvalue weighted by molar-refractivity contribution is 14.1. The minimum absolute atomic E-state index is 0.0829. The third kappa shape index (κ3) is 8.07. The molecule has 0 saturated heterocycles. The summed E-state index contributed by atoms with van der Waals surface area (Å²) in [7, 11) is 0. The van der Waals surface area contributed by atoms with Crippen LogP contribution in [0.4, 0.5) is 11.5 Å². The summed E-state index contributed by atoms with van der Waals surface area (Å²) in [4.78, 5) is 20.3. The molecule has 0 aliphatic rings. The highest BCUT2D eigenvalue weighted by Crippen LogP contribution is 2.27.